The topological polar surface area (TPSA) is 20.2 Å². The molecule has 105 valence electrons. The predicted octanol–water partition coefficient (Wildman–Crippen LogP) is 3.87. The van der Waals surface area contributed by atoms with Crippen LogP contribution in [0.15, 0.2) is 6.07 Å². The third-order valence-electron chi connectivity index (χ3n) is 4.26. The van der Waals surface area contributed by atoms with Crippen LogP contribution in [-0.2, 0) is 5.41 Å². The lowest BCUT2D eigenvalue weighted by atomic mass is 9.78. The Hall–Kier alpha value is -1.28. The lowest BCUT2D eigenvalue weighted by molar-refractivity contribution is 0.478. The second-order valence-corrected chi connectivity index (χ2v) is 7.34. The zero-order chi connectivity index (χ0) is 15.4. The van der Waals surface area contributed by atoms with Gasteiger partial charge >= 0.3 is 0 Å². The number of hydrogen-bond acceptors (Lipinski definition) is 1. The molecule has 2 aromatic carbocycles. The molecule has 20 heavy (non-hydrogen) atoms. The van der Waals surface area contributed by atoms with Crippen molar-refractivity contribution < 1.29 is 5.11 Å². The van der Waals surface area contributed by atoms with Gasteiger partial charge in [0.1, 0.15) is 5.75 Å². The monoisotopic (exact) mass is 283 g/mol. The van der Waals surface area contributed by atoms with Crippen molar-refractivity contribution in [2.75, 3.05) is 0 Å². The molecule has 2 rings (SSSR count). The Kier molecular flexibility index (Phi) is 3.50. The summed E-state index contributed by atoms with van der Waals surface area (Å²) in [7, 11) is 3.68. The maximum atomic E-state index is 10.5. The summed E-state index contributed by atoms with van der Waals surface area (Å²) in [4.78, 5) is 0. The molecular formula is C18H23OSi. The fourth-order valence-electron chi connectivity index (χ4n) is 3.53. The van der Waals surface area contributed by atoms with E-state index >= 15 is 0 Å². The summed E-state index contributed by atoms with van der Waals surface area (Å²) in [5.74, 6) is 0.391. The van der Waals surface area contributed by atoms with Crippen molar-refractivity contribution >= 4 is 26.2 Å². The zero-order valence-electron chi connectivity index (χ0n) is 13.5. The molecule has 0 unspecified atom stereocenters. The lowest BCUT2D eigenvalue weighted by Crippen LogP contribution is -2.18. The Morgan fingerprint density at radius 2 is 1.50 bits per heavy atom. The van der Waals surface area contributed by atoms with Gasteiger partial charge in [-0.25, -0.2) is 0 Å². The second kappa shape index (κ2) is 4.63. The summed E-state index contributed by atoms with van der Waals surface area (Å²) in [6.07, 6.45) is 0. The van der Waals surface area contributed by atoms with Crippen molar-refractivity contribution in [3.63, 3.8) is 0 Å². The number of fused-ring (bicyclic) bond motifs is 1. The number of aryl methyl sites for hydroxylation is 3. The van der Waals surface area contributed by atoms with Crippen LogP contribution in [0.25, 0.3) is 10.8 Å². The van der Waals surface area contributed by atoms with E-state index in [1.54, 1.807) is 0 Å². The third-order valence-corrected chi connectivity index (χ3v) is 5.01. The van der Waals surface area contributed by atoms with Gasteiger partial charge in [0.15, 0.2) is 0 Å². The SMILES string of the molecule is Cc1cc2c(O)c(C)c([Si])c(C)c2c(C)c1C(C)(C)C. The Morgan fingerprint density at radius 1 is 0.950 bits per heavy atom. The molecule has 0 spiro atoms. The van der Waals surface area contributed by atoms with E-state index in [0.29, 0.717) is 5.75 Å². The van der Waals surface area contributed by atoms with Gasteiger partial charge in [-0.3, -0.25) is 0 Å². The maximum absolute atomic E-state index is 10.5. The average Bonchev–Trinajstić information content (AvgIpc) is 2.31. The van der Waals surface area contributed by atoms with Crippen molar-refractivity contribution in [1.82, 2.24) is 0 Å². The van der Waals surface area contributed by atoms with Crippen molar-refractivity contribution in [3.05, 3.63) is 33.9 Å². The molecule has 0 saturated carbocycles. The summed E-state index contributed by atoms with van der Waals surface area (Å²) >= 11 is 0. The minimum atomic E-state index is 0.0984. The van der Waals surface area contributed by atoms with Crippen molar-refractivity contribution in [3.8, 4) is 5.75 Å². The maximum Gasteiger partial charge on any atom is 0.126 e. The standard InChI is InChI=1S/C18H23OSi/c1-9-8-13-14(10(2)15(9)18(5,6)7)11(3)17(20)12(4)16(13)19/h8,19H,1-7H3. The van der Waals surface area contributed by atoms with E-state index in [-0.39, 0.29) is 5.41 Å². The first-order valence-corrected chi connectivity index (χ1v) is 7.55. The number of hydrogen-bond donors (Lipinski definition) is 1. The molecule has 0 heterocycles. The molecule has 0 aliphatic carbocycles. The highest BCUT2D eigenvalue weighted by Crippen LogP contribution is 2.38. The van der Waals surface area contributed by atoms with Crippen LogP contribution < -0.4 is 5.19 Å². The molecule has 0 aliphatic heterocycles. The highest BCUT2D eigenvalue weighted by Gasteiger charge is 2.23. The minimum Gasteiger partial charge on any atom is -0.507 e. The second-order valence-electron chi connectivity index (χ2n) is 6.84. The third kappa shape index (κ3) is 2.07. The van der Waals surface area contributed by atoms with Gasteiger partial charge in [0.25, 0.3) is 0 Å². The first kappa shape index (κ1) is 15.1. The number of benzene rings is 2. The van der Waals surface area contributed by atoms with Crippen molar-refractivity contribution in [1.29, 1.82) is 0 Å². The van der Waals surface area contributed by atoms with Crippen LogP contribution >= 0.6 is 0 Å². The van der Waals surface area contributed by atoms with E-state index in [4.69, 9.17) is 0 Å². The van der Waals surface area contributed by atoms with Crippen molar-refractivity contribution in [2.45, 2.75) is 53.9 Å². The Balaban J connectivity index is 3.08. The predicted molar refractivity (Wildman–Crippen MR) is 88.6 cm³/mol. The van der Waals surface area contributed by atoms with E-state index < -0.39 is 0 Å². The first-order chi connectivity index (χ1) is 9.07. The van der Waals surface area contributed by atoms with Gasteiger partial charge in [-0.05, 0) is 72.4 Å². The molecule has 0 saturated heterocycles. The molecule has 0 aromatic heterocycles. The quantitative estimate of drug-likeness (QED) is 0.728. The summed E-state index contributed by atoms with van der Waals surface area (Å²) in [6.45, 7) is 15.1. The van der Waals surface area contributed by atoms with Gasteiger partial charge in [0.2, 0.25) is 0 Å². The molecule has 1 N–H and O–H groups in total. The Labute approximate surface area is 125 Å². The van der Waals surface area contributed by atoms with Crippen LogP contribution in [0, 0.1) is 27.7 Å². The molecule has 0 bridgehead atoms. The van der Waals surface area contributed by atoms with Gasteiger partial charge in [-0.2, -0.15) is 0 Å². The molecule has 2 aromatic rings. The number of aromatic hydroxyl groups is 1. The number of phenols is 1. The normalized spacial score (nSPS) is 12.2. The van der Waals surface area contributed by atoms with Crippen LogP contribution in [0.3, 0.4) is 0 Å². The average molecular weight is 283 g/mol. The summed E-state index contributed by atoms with van der Waals surface area (Å²) < 4.78 is 0. The zero-order valence-corrected chi connectivity index (χ0v) is 14.5. The number of rotatable bonds is 0. The van der Waals surface area contributed by atoms with Crippen molar-refractivity contribution in [2.24, 2.45) is 0 Å². The lowest BCUT2D eigenvalue weighted by Gasteiger charge is -2.27. The molecule has 0 amide bonds. The fourth-order valence-corrected chi connectivity index (χ4v) is 3.78. The van der Waals surface area contributed by atoms with Crippen LogP contribution in [0.5, 0.6) is 5.75 Å². The van der Waals surface area contributed by atoms with E-state index in [9.17, 15) is 5.11 Å². The van der Waals surface area contributed by atoms with E-state index in [1.165, 1.54) is 27.6 Å². The smallest absolute Gasteiger partial charge is 0.126 e. The molecule has 3 radical (unpaired) electrons. The molecule has 1 nitrogen and oxygen atoms in total. The van der Waals surface area contributed by atoms with Crippen LogP contribution in [0.4, 0.5) is 0 Å². The molecule has 0 atom stereocenters. The summed E-state index contributed by atoms with van der Waals surface area (Å²) in [6, 6.07) is 2.13. The highest BCUT2D eigenvalue weighted by molar-refractivity contribution is 6.36. The summed E-state index contributed by atoms with van der Waals surface area (Å²) in [5, 5.41) is 13.6. The first-order valence-electron chi connectivity index (χ1n) is 7.05. The largest absolute Gasteiger partial charge is 0.507 e. The Morgan fingerprint density at radius 3 is 2.00 bits per heavy atom. The van der Waals surface area contributed by atoms with Crippen LogP contribution in [-0.4, -0.2) is 15.3 Å². The van der Waals surface area contributed by atoms with Gasteiger partial charge in [-0.1, -0.05) is 26.0 Å². The molecular weight excluding hydrogens is 260 g/mol. The molecule has 2 heteroatoms. The Bertz CT molecular complexity index is 706. The van der Waals surface area contributed by atoms with Crippen LogP contribution in [0.1, 0.15) is 48.6 Å². The van der Waals surface area contributed by atoms with Gasteiger partial charge in [0, 0.05) is 5.39 Å². The number of phenolic OH excluding ortho intramolecular Hbond substituents is 1. The van der Waals surface area contributed by atoms with Gasteiger partial charge in [0.05, 0.1) is 10.2 Å². The van der Waals surface area contributed by atoms with E-state index in [1.807, 2.05) is 6.92 Å². The van der Waals surface area contributed by atoms with E-state index in [0.717, 1.165) is 16.1 Å². The van der Waals surface area contributed by atoms with E-state index in [2.05, 4.69) is 57.9 Å². The fraction of sp³-hybridized carbons (Fsp3) is 0.444. The molecule has 0 fully saturated rings. The van der Waals surface area contributed by atoms with Gasteiger partial charge < -0.3 is 5.11 Å². The van der Waals surface area contributed by atoms with Gasteiger partial charge in [-0.15, -0.1) is 0 Å². The minimum absolute atomic E-state index is 0.0984. The van der Waals surface area contributed by atoms with Crippen LogP contribution in [0.2, 0.25) is 0 Å². The summed E-state index contributed by atoms with van der Waals surface area (Å²) in [5.41, 5.74) is 6.12. The molecule has 0 aliphatic rings. The highest BCUT2D eigenvalue weighted by atomic mass is 28.1.